The van der Waals surface area contributed by atoms with E-state index < -0.39 is 3.77 Å². The molecule has 0 saturated carbocycles. The molecule has 0 aliphatic carbocycles. The average Bonchev–Trinajstić information content (AvgIpc) is 0.811. The predicted molar refractivity (Wildman–Crippen MR) is 6.99 cm³/mol. The summed E-state index contributed by atoms with van der Waals surface area (Å²) in [5, 5.41) is 8.78. The molecule has 0 aromatic carbocycles. The zero-order valence-corrected chi connectivity index (χ0v) is 3.11. The van der Waals surface area contributed by atoms with Gasteiger partial charge >= 0.3 is 31.5 Å². The first kappa shape index (κ1) is 3.98. The standard InChI is InChI=1S/NO2.V/c2-1-3;. The molecule has 0 aromatic rings. The minimum absolute atomic E-state index is 0.562. The van der Waals surface area contributed by atoms with Gasteiger partial charge in [-0.05, 0) is 0 Å². The summed E-state index contributed by atoms with van der Waals surface area (Å²) in [6.45, 7) is 0. The van der Waals surface area contributed by atoms with Crippen LogP contribution in [0.5, 0.6) is 0 Å². The third kappa shape index (κ3) is 7920. The molecule has 0 atom stereocenters. The van der Waals surface area contributed by atoms with Crippen LogP contribution in [0, 0.1) is 10.1 Å². The molecule has 0 N–H and O–H groups in total. The van der Waals surface area contributed by atoms with Crippen molar-refractivity contribution in [3.63, 3.8) is 0 Å². The Kier molecular flexibility index (Phi) is 1.31. The molecule has 3 nitrogen and oxygen atoms in total. The summed E-state index contributed by atoms with van der Waals surface area (Å²) < 4.78 is -0.562. The number of nitro groups is 1. The van der Waals surface area contributed by atoms with Gasteiger partial charge < -0.3 is 0 Å². The Morgan fingerprint density at radius 2 is 2.00 bits per heavy atom. The molecule has 0 saturated heterocycles. The van der Waals surface area contributed by atoms with Crippen LogP contribution >= 0.6 is 0 Å². The molecule has 0 rings (SSSR count). The number of rotatable bonds is 0. The van der Waals surface area contributed by atoms with Gasteiger partial charge in [-0.2, -0.15) is 0 Å². The van der Waals surface area contributed by atoms with Crippen LogP contribution in [-0.4, -0.2) is 3.77 Å². The maximum absolute atomic E-state index is 8.78. The molecule has 0 bridgehead atoms. The second-order valence-electron chi connectivity index (χ2n) is 0.238. The first-order valence-corrected chi connectivity index (χ1v) is 1.19. The number of nitrogens with zero attached hydrogens (tertiary/aromatic N) is 1. The predicted octanol–water partition coefficient (Wildman–Crippen LogP) is -0.275. The maximum atomic E-state index is 8.78. The molecular weight excluding hydrogens is 96.9 g/mol. The van der Waals surface area contributed by atoms with E-state index in [-0.39, 0.29) is 0 Å². The molecule has 4 heteroatoms. The fourth-order valence-corrected chi connectivity index (χ4v) is 0. The van der Waals surface area contributed by atoms with Gasteiger partial charge in [0.2, 0.25) is 0 Å². The molecule has 0 aromatic heterocycles. The van der Waals surface area contributed by atoms with Gasteiger partial charge in [0, 0.05) is 0 Å². The van der Waals surface area contributed by atoms with E-state index in [0.717, 1.165) is 0 Å². The van der Waals surface area contributed by atoms with E-state index in [1.165, 1.54) is 17.7 Å². The number of hydrogen-bond acceptors (Lipinski definition) is 2. The van der Waals surface area contributed by atoms with Crippen LogP contribution in [0.2, 0.25) is 0 Å². The summed E-state index contributed by atoms with van der Waals surface area (Å²) in [7, 11) is 0. The van der Waals surface area contributed by atoms with Crippen LogP contribution in [0.25, 0.3) is 0 Å². The van der Waals surface area contributed by atoms with E-state index in [9.17, 15) is 0 Å². The summed E-state index contributed by atoms with van der Waals surface area (Å²) in [6, 6.07) is 0. The molecule has 0 aliphatic rings. The van der Waals surface area contributed by atoms with Gasteiger partial charge in [0.25, 0.3) is 0 Å². The van der Waals surface area contributed by atoms with Crippen LogP contribution in [0.3, 0.4) is 0 Å². The van der Waals surface area contributed by atoms with E-state index in [1.54, 1.807) is 0 Å². The minimum atomic E-state index is -0.562. The van der Waals surface area contributed by atoms with Crippen LogP contribution in [0.1, 0.15) is 0 Å². The van der Waals surface area contributed by atoms with Crippen molar-refractivity contribution in [2.45, 2.75) is 0 Å². The van der Waals surface area contributed by atoms with Crippen molar-refractivity contribution in [1.82, 2.24) is 0 Å². The molecule has 0 spiro atoms. The zero-order chi connectivity index (χ0) is 3.58. The van der Waals surface area contributed by atoms with Crippen LogP contribution in [0.15, 0.2) is 0 Å². The average molecular weight is 96.9 g/mol. The van der Waals surface area contributed by atoms with E-state index in [2.05, 4.69) is 0 Å². The van der Waals surface area contributed by atoms with Crippen molar-refractivity contribution >= 4 is 0 Å². The van der Waals surface area contributed by atoms with Crippen molar-refractivity contribution in [3.05, 3.63) is 10.1 Å². The Hall–Kier alpha value is -0.0156. The molecule has 0 amide bonds. The summed E-state index contributed by atoms with van der Waals surface area (Å²) in [5.74, 6) is 0. The Labute approximate surface area is 32.4 Å². The van der Waals surface area contributed by atoms with E-state index in [4.69, 9.17) is 10.1 Å². The zero-order valence-electron chi connectivity index (χ0n) is 1.71. The fraction of sp³-hybridized carbons (Fsp3) is 0. The van der Waals surface area contributed by atoms with Crippen molar-refractivity contribution in [2.75, 3.05) is 0 Å². The molecule has 0 heterocycles. The second kappa shape index (κ2) is 1.32. The summed E-state index contributed by atoms with van der Waals surface area (Å²) in [6.07, 6.45) is 0. The molecule has 0 fully saturated rings. The van der Waals surface area contributed by atoms with Crippen LogP contribution in [0.4, 0.5) is 0 Å². The third-order valence-electron chi connectivity index (χ3n) is 0. The van der Waals surface area contributed by atoms with Crippen molar-refractivity contribution < 1.29 is 21.4 Å². The second-order valence-corrected chi connectivity index (χ2v) is 0.748. The topological polar surface area (TPSA) is 43.1 Å². The normalized spacial score (nSPS) is 6.00. The Balaban J connectivity index is 2.80. The molecule has 22 valence electrons. The summed E-state index contributed by atoms with van der Waals surface area (Å²) in [4.78, 5) is 8.78. The molecule has 0 unspecified atom stereocenters. The van der Waals surface area contributed by atoms with E-state index in [0.29, 0.717) is 0 Å². The van der Waals surface area contributed by atoms with Gasteiger partial charge in [-0.1, -0.05) is 0 Å². The first-order valence-electron chi connectivity index (χ1n) is 0.565. The van der Waals surface area contributed by atoms with Gasteiger partial charge in [-0.15, -0.1) is 0 Å². The SMILES string of the molecule is O=[N+]([O-])[V]. The van der Waals surface area contributed by atoms with Gasteiger partial charge in [-0.3, -0.25) is 0 Å². The summed E-state index contributed by atoms with van der Waals surface area (Å²) >= 11 is 1.26. The Morgan fingerprint density at radius 3 is 2.00 bits per heavy atom. The molecule has 4 heavy (non-hydrogen) atoms. The van der Waals surface area contributed by atoms with Gasteiger partial charge in [0.15, 0.2) is 0 Å². The van der Waals surface area contributed by atoms with Crippen molar-refractivity contribution in [3.8, 4) is 0 Å². The van der Waals surface area contributed by atoms with Crippen LogP contribution < -0.4 is 0 Å². The third-order valence-corrected chi connectivity index (χ3v) is 0. The quantitative estimate of drug-likeness (QED) is 0.308. The van der Waals surface area contributed by atoms with Gasteiger partial charge in [0.1, 0.15) is 0 Å². The molecule has 0 aliphatic heterocycles. The van der Waals surface area contributed by atoms with Crippen molar-refractivity contribution in [2.24, 2.45) is 0 Å². The van der Waals surface area contributed by atoms with Gasteiger partial charge in [0.05, 0.1) is 0 Å². The number of hydrogen-bond donors (Lipinski definition) is 0. The fourth-order valence-electron chi connectivity index (χ4n) is 0. The molecule has 0 radical (unpaired) electrons. The summed E-state index contributed by atoms with van der Waals surface area (Å²) in [5.41, 5.74) is 0. The monoisotopic (exact) mass is 96.9 g/mol. The van der Waals surface area contributed by atoms with Crippen LogP contribution in [-0.2, 0) is 17.7 Å². The Bertz CT molecular complexity index is 29.0. The van der Waals surface area contributed by atoms with E-state index in [1.807, 2.05) is 0 Å². The van der Waals surface area contributed by atoms with Gasteiger partial charge in [-0.25, -0.2) is 0 Å². The Morgan fingerprint density at radius 1 is 2.00 bits per heavy atom. The molecular formula is NO2V. The first-order chi connectivity index (χ1) is 1.73. The van der Waals surface area contributed by atoms with E-state index >= 15 is 0 Å². The van der Waals surface area contributed by atoms with Crippen molar-refractivity contribution in [1.29, 1.82) is 0 Å².